The van der Waals surface area contributed by atoms with Crippen LogP contribution in [0.15, 0.2) is 0 Å². The predicted molar refractivity (Wildman–Crippen MR) is 109 cm³/mol. The standard InChI is InChI=1S/C19H40NO7P/c1-6-7-8-9-10-11-12-13-14-18(27-19(21)24-5)17-26-28(22,23)25-16-15-20(2,3)4/h18H,6-17H2,1-5H3/p+1. The van der Waals surface area contributed by atoms with Crippen LogP contribution in [-0.2, 0) is 23.1 Å². The third kappa shape index (κ3) is 17.4. The molecule has 0 bridgehead atoms. The average Bonchev–Trinajstić information content (AvgIpc) is 2.60. The molecule has 9 heteroatoms. The molecule has 168 valence electrons. The lowest BCUT2D eigenvalue weighted by molar-refractivity contribution is -0.870. The summed E-state index contributed by atoms with van der Waals surface area (Å²) in [5, 5.41) is 0. The maximum atomic E-state index is 12.0. The van der Waals surface area contributed by atoms with E-state index in [0.717, 1.165) is 19.3 Å². The van der Waals surface area contributed by atoms with Crippen LogP contribution in [0, 0.1) is 0 Å². The van der Waals surface area contributed by atoms with Crippen molar-refractivity contribution in [1.82, 2.24) is 0 Å². The van der Waals surface area contributed by atoms with Crippen molar-refractivity contribution >= 4 is 14.0 Å². The van der Waals surface area contributed by atoms with Gasteiger partial charge >= 0.3 is 14.0 Å². The molecule has 0 rings (SSSR count). The fourth-order valence-corrected chi connectivity index (χ4v) is 3.25. The van der Waals surface area contributed by atoms with Crippen molar-refractivity contribution in [3.63, 3.8) is 0 Å². The van der Waals surface area contributed by atoms with E-state index in [1.165, 1.54) is 39.2 Å². The third-order valence-corrected chi connectivity index (χ3v) is 5.23. The smallest absolute Gasteiger partial charge is 0.438 e. The van der Waals surface area contributed by atoms with Crippen LogP contribution in [-0.4, -0.2) is 69.6 Å². The Morgan fingerprint density at radius 3 is 2.11 bits per heavy atom. The second-order valence-electron chi connectivity index (χ2n) is 8.07. The number of quaternary nitrogens is 1. The molecule has 0 aromatic carbocycles. The lowest BCUT2D eigenvalue weighted by atomic mass is 10.1. The van der Waals surface area contributed by atoms with Crippen LogP contribution in [0.25, 0.3) is 0 Å². The molecule has 0 saturated carbocycles. The molecule has 1 N–H and O–H groups in total. The Balaban J connectivity index is 4.22. The lowest BCUT2D eigenvalue weighted by Gasteiger charge is -2.24. The molecule has 28 heavy (non-hydrogen) atoms. The summed E-state index contributed by atoms with van der Waals surface area (Å²) in [5.74, 6) is 0. The molecule has 0 fully saturated rings. The van der Waals surface area contributed by atoms with Crippen LogP contribution in [0.5, 0.6) is 0 Å². The van der Waals surface area contributed by atoms with E-state index in [-0.39, 0.29) is 13.2 Å². The van der Waals surface area contributed by atoms with Gasteiger partial charge in [-0.2, -0.15) is 0 Å². The van der Waals surface area contributed by atoms with Gasteiger partial charge in [-0.05, 0) is 12.8 Å². The van der Waals surface area contributed by atoms with Crippen LogP contribution >= 0.6 is 7.82 Å². The van der Waals surface area contributed by atoms with E-state index in [2.05, 4.69) is 11.7 Å². The zero-order valence-corrected chi connectivity index (χ0v) is 19.2. The van der Waals surface area contributed by atoms with E-state index in [9.17, 15) is 14.3 Å². The fourth-order valence-electron chi connectivity index (χ4n) is 2.51. The number of rotatable bonds is 17. The van der Waals surface area contributed by atoms with E-state index >= 15 is 0 Å². The van der Waals surface area contributed by atoms with E-state index < -0.39 is 20.1 Å². The van der Waals surface area contributed by atoms with Crippen molar-refractivity contribution < 1.29 is 37.3 Å². The average molecular weight is 427 g/mol. The Morgan fingerprint density at radius 2 is 1.57 bits per heavy atom. The molecule has 0 heterocycles. The minimum atomic E-state index is -4.19. The second kappa shape index (κ2) is 15.2. The third-order valence-electron chi connectivity index (χ3n) is 4.25. The Morgan fingerprint density at radius 1 is 1.00 bits per heavy atom. The molecule has 0 radical (unpaired) electrons. The van der Waals surface area contributed by atoms with Gasteiger partial charge in [-0.1, -0.05) is 51.9 Å². The predicted octanol–water partition coefficient (Wildman–Crippen LogP) is 4.51. The van der Waals surface area contributed by atoms with Crippen molar-refractivity contribution in [1.29, 1.82) is 0 Å². The van der Waals surface area contributed by atoms with Crippen molar-refractivity contribution in [2.75, 3.05) is 48.0 Å². The zero-order chi connectivity index (χ0) is 21.5. The number of phosphoric ester groups is 1. The van der Waals surface area contributed by atoms with Crippen LogP contribution < -0.4 is 0 Å². The minimum Gasteiger partial charge on any atom is -0.438 e. The number of phosphoric acid groups is 1. The highest BCUT2D eigenvalue weighted by atomic mass is 31.2. The van der Waals surface area contributed by atoms with Gasteiger partial charge in [0.15, 0.2) is 0 Å². The summed E-state index contributed by atoms with van der Waals surface area (Å²) in [7, 11) is 2.90. The Hall–Kier alpha value is -0.660. The number of carbonyl (C=O) groups excluding carboxylic acids is 1. The van der Waals surface area contributed by atoms with Gasteiger partial charge in [0.2, 0.25) is 0 Å². The Bertz CT molecular complexity index is 454. The topological polar surface area (TPSA) is 91.3 Å². The number of hydrogen-bond donors (Lipinski definition) is 1. The van der Waals surface area contributed by atoms with Gasteiger partial charge in [-0.3, -0.25) is 9.05 Å². The van der Waals surface area contributed by atoms with Gasteiger partial charge in [0, 0.05) is 0 Å². The minimum absolute atomic E-state index is 0.0951. The summed E-state index contributed by atoms with van der Waals surface area (Å²) in [4.78, 5) is 21.2. The molecule has 0 aromatic rings. The normalized spacial score (nSPS) is 15.1. The SMILES string of the molecule is CCCCCCCCCCC(COP(=O)(O)OCC[N+](C)(C)C)OC(=O)OC. The molecule has 0 amide bonds. The summed E-state index contributed by atoms with van der Waals surface area (Å²) in [6, 6.07) is 0. The molecule has 0 aliphatic carbocycles. The number of likely N-dealkylation sites (N-methyl/N-ethyl adjacent to an activating group) is 1. The summed E-state index contributed by atoms with van der Waals surface area (Å²) >= 11 is 0. The molecule has 0 aliphatic heterocycles. The first-order chi connectivity index (χ1) is 13.1. The zero-order valence-electron chi connectivity index (χ0n) is 18.4. The number of unbranched alkanes of at least 4 members (excludes halogenated alkanes) is 7. The quantitative estimate of drug-likeness (QED) is 0.158. The largest absolute Gasteiger partial charge is 0.508 e. The first kappa shape index (κ1) is 27.3. The van der Waals surface area contributed by atoms with Gasteiger partial charge < -0.3 is 18.9 Å². The van der Waals surface area contributed by atoms with Crippen LogP contribution in [0.1, 0.15) is 64.7 Å². The number of nitrogens with zero attached hydrogens (tertiary/aromatic N) is 1. The molecule has 2 atom stereocenters. The summed E-state index contributed by atoms with van der Waals surface area (Å²) in [6.45, 7) is 2.65. The van der Waals surface area contributed by atoms with E-state index in [1.807, 2.05) is 21.1 Å². The number of hydrogen-bond acceptors (Lipinski definition) is 6. The molecule has 8 nitrogen and oxygen atoms in total. The van der Waals surface area contributed by atoms with E-state index in [4.69, 9.17) is 13.8 Å². The first-order valence-corrected chi connectivity index (χ1v) is 11.8. The molecule has 0 aromatic heterocycles. The maximum absolute atomic E-state index is 12.0. The molecule has 0 saturated heterocycles. The monoisotopic (exact) mass is 426 g/mol. The lowest BCUT2D eigenvalue weighted by Crippen LogP contribution is -2.37. The summed E-state index contributed by atoms with van der Waals surface area (Å²) in [6.07, 6.45) is 8.30. The van der Waals surface area contributed by atoms with E-state index in [0.29, 0.717) is 17.4 Å². The second-order valence-corrected chi connectivity index (χ2v) is 9.52. The first-order valence-electron chi connectivity index (χ1n) is 10.3. The summed E-state index contributed by atoms with van der Waals surface area (Å²) in [5.41, 5.74) is 0. The van der Waals surface area contributed by atoms with Crippen molar-refractivity contribution in [3.8, 4) is 0 Å². The number of ether oxygens (including phenoxy) is 2. The number of carbonyl (C=O) groups is 1. The van der Waals surface area contributed by atoms with Crippen LogP contribution in [0.2, 0.25) is 0 Å². The van der Waals surface area contributed by atoms with Crippen molar-refractivity contribution in [2.45, 2.75) is 70.8 Å². The molecule has 2 unspecified atom stereocenters. The van der Waals surface area contributed by atoms with Crippen LogP contribution in [0.3, 0.4) is 0 Å². The van der Waals surface area contributed by atoms with Crippen molar-refractivity contribution in [3.05, 3.63) is 0 Å². The van der Waals surface area contributed by atoms with E-state index in [1.54, 1.807) is 0 Å². The molecular weight excluding hydrogens is 385 g/mol. The highest BCUT2D eigenvalue weighted by Crippen LogP contribution is 2.43. The number of methoxy groups -OCH3 is 1. The van der Waals surface area contributed by atoms with Crippen molar-refractivity contribution in [2.24, 2.45) is 0 Å². The van der Waals surface area contributed by atoms with Gasteiger partial charge in [-0.15, -0.1) is 0 Å². The molecule has 0 aliphatic rings. The Labute approximate surface area is 170 Å². The highest BCUT2D eigenvalue weighted by Gasteiger charge is 2.26. The van der Waals surface area contributed by atoms with Gasteiger partial charge in [0.1, 0.15) is 19.3 Å². The molecular formula is C19H41NO7P+. The summed E-state index contributed by atoms with van der Waals surface area (Å²) < 4.78 is 32.3. The molecule has 0 spiro atoms. The van der Waals surface area contributed by atoms with Gasteiger partial charge in [0.25, 0.3) is 0 Å². The highest BCUT2D eigenvalue weighted by molar-refractivity contribution is 7.47. The fraction of sp³-hybridized carbons (Fsp3) is 0.947. The van der Waals surface area contributed by atoms with Gasteiger partial charge in [-0.25, -0.2) is 9.36 Å². The van der Waals surface area contributed by atoms with Gasteiger partial charge in [0.05, 0.1) is 34.9 Å². The Kier molecular flexibility index (Phi) is 14.9. The van der Waals surface area contributed by atoms with Crippen LogP contribution in [0.4, 0.5) is 4.79 Å². The maximum Gasteiger partial charge on any atom is 0.508 e.